The Kier molecular flexibility index (Phi) is 6.64. The quantitative estimate of drug-likeness (QED) is 0.540. The third-order valence-electron chi connectivity index (χ3n) is 6.61. The molecular weight excluding hydrogens is 432 g/mol. The van der Waals surface area contributed by atoms with Gasteiger partial charge in [0.15, 0.2) is 0 Å². The van der Waals surface area contributed by atoms with Crippen LogP contribution >= 0.6 is 0 Å². The van der Waals surface area contributed by atoms with Gasteiger partial charge in [-0.3, -0.25) is 4.79 Å². The summed E-state index contributed by atoms with van der Waals surface area (Å²) >= 11 is 0. The predicted octanol–water partition coefficient (Wildman–Crippen LogP) is 4.31. The summed E-state index contributed by atoms with van der Waals surface area (Å²) in [5, 5.41) is 14.8. The number of nitrogens with one attached hydrogen (secondary N) is 2. The van der Waals surface area contributed by atoms with Gasteiger partial charge in [-0.05, 0) is 40.0 Å². The Bertz CT molecular complexity index is 1040. The van der Waals surface area contributed by atoms with E-state index < -0.39 is 35.5 Å². The minimum absolute atomic E-state index is 0.0880. The summed E-state index contributed by atoms with van der Waals surface area (Å²) in [5.74, 6) is -1.33. The van der Waals surface area contributed by atoms with Crippen molar-refractivity contribution in [1.82, 2.24) is 10.6 Å². The highest BCUT2D eigenvalue weighted by atomic mass is 16.5. The first kappa shape index (κ1) is 23.8. The summed E-state index contributed by atoms with van der Waals surface area (Å²) in [5.41, 5.74) is 3.83. The standard InChI is InChI=1S/C27H32N2O5/c1-27(2,3)23(24(30)28-22(25(31)32)14-16-12-13-16)29-26(33)34-15-21-19-10-6-4-8-17(19)18-9-5-7-11-20(18)21/h4-11,16,21-23H,12-15H2,1-3H3,(H,28,30)(H,29,33)(H,31,32)/t22-,23?/m0/s1. The molecule has 7 heteroatoms. The predicted molar refractivity (Wildman–Crippen MR) is 128 cm³/mol. The van der Waals surface area contributed by atoms with Crippen LogP contribution in [-0.4, -0.2) is 41.8 Å². The van der Waals surface area contributed by atoms with E-state index in [-0.39, 0.29) is 12.5 Å². The molecule has 0 radical (unpaired) electrons. The maximum Gasteiger partial charge on any atom is 0.407 e. The van der Waals surface area contributed by atoms with E-state index in [2.05, 4.69) is 22.8 Å². The Morgan fingerprint density at radius 3 is 2.03 bits per heavy atom. The number of amides is 2. The molecule has 0 aliphatic heterocycles. The summed E-state index contributed by atoms with van der Waals surface area (Å²) in [7, 11) is 0. The molecule has 0 heterocycles. The second-order valence-corrected chi connectivity index (χ2v) is 10.3. The molecular formula is C27H32N2O5. The van der Waals surface area contributed by atoms with Crippen molar-refractivity contribution in [2.24, 2.45) is 11.3 Å². The average molecular weight is 465 g/mol. The Balaban J connectivity index is 1.42. The Hall–Kier alpha value is -3.35. The molecule has 7 nitrogen and oxygen atoms in total. The molecule has 1 unspecified atom stereocenters. The van der Waals surface area contributed by atoms with Gasteiger partial charge in [0.2, 0.25) is 5.91 Å². The fourth-order valence-electron chi connectivity index (χ4n) is 4.60. The first-order valence-electron chi connectivity index (χ1n) is 11.8. The first-order chi connectivity index (χ1) is 16.1. The third kappa shape index (κ3) is 5.24. The van der Waals surface area contributed by atoms with Crippen LogP contribution in [0, 0.1) is 11.3 Å². The fourth-order valence-corrected chi connectivity index (χ4v) is 4.60. The number of carbonyl (C=O) groups is 3. The summed E-state index contributed by atoms with van der Waals surface area (Å²) in [6.07, 6.45) is 1.68. The highest BCUT2D eigenvalue weighted by Crippen LogP contribution is 2.44. The van der Waals surface area contributed by atoms with Crippen LogP contribution in [-0.2, 0) is 14.3 Å². The van der Waals surface area contributed by atoms with Crippen molar-refractivity contribution in [3.05, 3.63) is 59.7 Å². The molecule has 2 aromatic rings. The summed E-state index contributed by atoms with van der Waals surface area (Å²) < 4.78 is 5.60. The molecule has 34 heavy (non-hydrogen) atoms. The van der Waals surface area contributed by atoms with E-state index in [4.69, 9.17) is 4.74 Å². The van der Waals surface area contributed by atoms with Crippen molar-refractivity contribution >= 4 is 18.0 Å². The number of hydrogen-bond donors (Lipinski definition) is 3. The van der Waals surface area contributed by atoms with Crippen molar-refractivity contribution < 1.29 is 24.2 Å². The van der Waals surface area contributed by atoms with E-state index in [1.165, 1.54) is 0 Å². The monoisotopic (exact) mass is 464 g/mol. The molecule has 3 N–H and O–H groups in total. The van der Waals surface area contributed by atoms with Crippen molar-refractivity contribution in [2.75, 3.05) is 6.61 Å². The lowest BCUT2D eigenvalue weighted by molar-refractivity contribution is -0.142. The molecule has 2 aliphatic carbocycles. The second kappa shape index (κ2) is 9.49. The summed E-state index contributed by atoms with van der Waals surface area (Å²) in [6.45, 7) is 5.59. The molecule has 180 valence electrons. The van der Waals surface area contributed by atoms with E-state index in [9.17, 15) is 19.5 Å². The molecule has 0 bridgehead atoms. The Labute approximate surface area is 199 Å². The lowest BCUT2D eigenvalue weighted by atomic mass is 9.86. The van der Waals surface area contributed by atoms with Gasteiger partial charge in [-0.1, -0.05) is 82.1 Å². The first-order valence-corrected chi connectivity index (χ1v) is 11.8. The topological polar surface area (TPSA) is 105 Å². The SMILES string of the molecule is CC(C)(C)C(NC(=O)OCC1c2ccccc2-c2ccccc21)C(=O)N[C@@H](CC1CC1)C(=O)O. The van der Waals surface area contributed by atoms with Crippen molar-refractivity contribution in [2.45, 2.75) is 58.0 Å². The lowest BCUT2D eigenvalue weighted by Crippen LogP contribution is -2.56. The van der Waals surface area contributed by atoms with Crippen molar-refractivity contribution in [3.8, 4) is 11.1 Å². The molecule has 2 atom stereocenters. The van der Waals surface area contributed by atoms with Crippen LogP contribution in [0.2, 0.25) is 0 Å². The zero-order valence-corrected chi connectivity index (χ0v) is 19.8. The molecule has 0 aromatic heterocycles. The smallest absolute Gasteiger partial charge is 0.407 e. The van der Waals surface area contributed by atoms with Crippen LogP contribution < -0.4 is 10.6 Å². The molecule has 1 saturated carbocycles. The van der Waals surface area contributed by atoms with Gasteiger partial charge in [0, 0.05) is 5.92 Å². The van der Waals surface area contributed by atoms with Gasteiger partial charge in [-0.25, -0.2) is 9.59 Å². The number of aliphatic carboxylic acids is 1. The number of carboxylic acids is 1. The molecule has 1 fully saturated rings. The zero-order valence-electron chi connectivity index (χ0n) is 19.8. The second-order valence-electron chi connectivity index (χ2n) is 10.3. The van der Waals surface area contributed by atoms with Gasteiger partial charge in [-0.15, -0.1) is 0 Å². The minimum atomic E-state index is -1.06. The zero-order chi connectivity index (χ0) is 24.5. The van der Waals surface area contributed by atoms with E-state index in [0.717, 1.165) is 35.1 Å². The van der Waals surface area contributed by atoms with E-state index >= 15 is 0 Å². The largest absolute Gasteiger partial charge is 0.480 e. The minimum Gasteiger partial charge on any atom is -0.480 e. The lowest BCUT2D eigenvalue weighted by Gasteiger charge is -2.31. The van der Waals surface area contributed by atoms with Gasteiger partial charge in [0.25, 0.3) is 0 Å². The highest BCUT2D eigenvalue weighted by Gasteiger charge is 2.37. The molecule has 2 aliphatic rings. The number of alkyl carbamates (subject to hydrolysis) is 1. The number of carbonyl (C=O) groups excluding carboxylic acids is 2. The maximum atomic E-state index is 13.0. The van der Waals surface area contributed by atoms with Crippen LogP contribution in [0.25, 0.3) is 11.1 Å². The van der Waals surface area contributed by atoms with Gasteiger partial charge >= 0.3 is 12.1 Å². The van der Waals surface area contributed by atoms with Crippen LogP contribution in [0.1, 0.15) is 57.1 Å². The van der Waals surface area contributed by atoms with Crippen LogP contribution in [0.15, 0.2) is 48.5 Å². The van der Waals surface area contributed by atoms with Gasteiger partial charge < -0.3 is 20.5 Å². The normalized spacial score (nSPS) is 16.7. The van der Waals surface area contributed by atoms with Crippen LogP contribution in [0.3, 0.4) is 0 Å². The third-order valence-corrected chi connectivity index (χ3v) is 6.61. The number of ether oxygens (including phenoxy) is 1. The number of hydrogen-bond acceptors (Lipinski definition) is 4. The number of fused-ring (bicyclic) bond motifs is 3. The van der Waals surface area contributed by atoms with Crippen molar-refractivity contribution in [3.63, 3.8) is 0 Å². The number of carboxylic acid groups (broad SMARTS) is 1. The average Bonchev–Trinajstić information content (AvgIpc) is 3.55. The summed E-state index contributed by atoms with van der Waals surface area (Å²) in [6, 6.07) is 14.2. The van der Waals surface area contributed by atoms with E-state index in [1.54, 1.807) is 0 Å². The summed E-state index contributed by atoms with van der Waals surface area (Å²) in [4.78, 5) is 37.4. The molecule has 2 aromatic carbocycles. The Morgan fingerprint density at radius 1 is 0.971 bits per heavy atom. The molecule has 4 rings (SSSR count). The van der Waals surface area contributed by atoms with Crippen molar-refractivity contribution in [1.29, 1.82) is 0 Å². The van der Waals surface area contributed by atoms with E-state index in [0.29, 0.717) is 12.3 Å². The van der Waals surface area contributed by atoms with Crippen LogP contribution in [0.4, 0.5) is 4.79 Å². The van der Waals surface area contributed by atoms with Gasteiger partial charge in [0.05, 0.1) is 0 Å². The van der Waals surface area contributed by atoms with Gasteiger partial charge in [0.1, 0.15) is 18.7 Å². The fraction of sp³-hybridized carbons (Fsp3) is 0.444. The number of benzene rings is 2. The van der Waals surface area contributed by atoms with E-state index in [1.807, 2.05) is 57.2 Å². The molecule has 0 spiro atoms. The molecule has 2 amide bonds. The highest BCUT2D eigenvalue weighted by molar-refractivity contribution is 5.90. The Morgan fingerprint density at radius 2 is 1.53 bits per heavy atom. The molecule has 0 saturated heterocycles. The van der Waals surface area contributed by atoms with Gasteiger partial charge in [-0.2, -0.15) is 0 Å². The maximum absolute atomic E-state index is 13.0. The van der Waals surface area contributed by atoms with Crippen LogP contribution in [0.5, 0.6) is 0 Å². The number of rotatable bonds is 8.